The van der Waals surface area contributed by atoms with E-state index in [9.17, 15) is 13.8 Å². The number of H-pyrrole nitrogens is 1. The highest BCUT2D eigenvalue weighted by atomic mass is 32.2. The molecular formula is C10H8N4O3S2. The number of hydrogen-bond acceptors (Lipinski definition) is 6. The van der Waals surface area contributed by atoms with Crippen LogP contribution in [0, 0.1) is 0 Å². The highest BCUT2D eigenvalue weighted by Crippen LogP contribution is 2.25. The fourth-order valence-electron chi connectivity index (χ4n) is 1.75. The molecule has 0 aliphatic carbocycles. The molecule has 3 rings (SSSR count). The summed E-state index contributed by atoms with van der Waals surface area (Å²) in [6.45, 7) is 0. The van der Waals surface area contributed by atoms with E-state index in [2.05, 4.69) is 15.0 Å². The molecule has 19 heavy (non-hydrogen) atoms. The lowest BCUT2D eigenvalue weighted by Gasteiger charge is -2.02. The standard InChI is InChI=1S/C10H8N4O3S2/c1-14-7-6(8(15)13-10(14)16)11-5-4(19(2)17)3-18-9(5)12-7/h3H,1-2H3,(H,13,15,16). The van der Waals surface area contributed by atoms with Gasteiger partial charge in [-0.25, -0.2) is 14.8 Å². The van der Waals surface area contributed by atoms with Crippen LogP contribution in [0.2, 0.25) is 0 Å². The topological polar surface area (TPSA) is 97.7 Å². The molecule has 1 atom stereocenters. The summed E-state index contributed by atoms with van der Waals surface area (Å²) in [4.78, 5) is 35.0. The second-order valence-corrected chi connectivity index (χ2v) is 6.13. The lowest BCUT2D eigenvalue weighted by atomic mass is 10.4. The Morgan fingerprint density at radius 3 is 2.74 bits per heavy atom. The van der Waals surface area contributed by atoms with Crippen LogP contribution in [-0.2, 0) is 17.8 Å². The van der Waals surface area contributed by atoms with Gasteiger partial charge in [0.1, 0.15) is 10.3 Å². The predicted molar refractivity (Wildman–Crippen MR) is 73.1 cm³/mol. The van der Waals surface area contributed by atoms with Crippen molar-refractivity contribution in [3.63, 3.8) is 0 Å². The van der Waals surface area contributed by atoms with Gasteiger partial charge in [0.05, 0.1) is 15.7 Å². The van der Waals surface area contributed by atoms with Crippen molar-refractivity contribution in [1.82, 2.24) is 19.5 Å². The molecule has 1 unspecified atom stereocenters. The van der Waals surface area contributed by atoms with Crippen LogP contribution < -0.4 is 11.2 Å². The van der Waals surface area contributed by atoms with Gasteiger partial charge in [-0.3, -0.25) is 18.6 Å². The van der Waals surface area contributed by atoms with Crippen molar-refractivity contribution in [3.8, 4) is 0 Å². The van der Waals surface area contributed by atoms with Crippen LogP contribution in [0.4, 0.5) is 0 Å². The molecule has 9 heteroatoms. The van der Waals surface area contributed by atoms with E-state index in [0.717, 1.165) is 0 Å². The molecule has 0 saturated heterocycles. The van der Waals surface area contributed by atoms with Crippen LogP contribution in [0.25, 0.3) is 21.5 Å². The van der Waals surface area contributed by atoms with Crippen LogP contribution >= 0.6 is 11.3 Å². The fraction of sp³-hybridized carbons (Fsp3) is 0.200. The number of fused-ring (bicyclic) bond motifs is 2. The molecule has 0 fully saturated rings. The summed E-state index contributed by atoms with van der Waals surface area (Å²) in [5, 5.41) is 1.70. The Kier molecular flexibility index (Phi) is 2.61. The monoisotopic (exact) mass is 296 g/mol. The maximum Gasteiger partial charge on any atom is 0.329 e. The third-order valence-corrected chi connectivity index (χ3v) is 4.67. The number of nitrogens with one attached hydrogen (secondary N) is 1. The van der Waals surface area contributed by atoms with E-state index >= 15 is 0 Å². The Bertz CT molecular complexity index is 953. The number of hydrogen-bond donors (Lipinski definition) is 1. The second-order valence-electron chi connectivity index (χ2n) is 3.92. The number of rotatable bonds is 1. The van der Waals surface area contributed by atoms with E-state index in [-0.39, 0.29) is 11.2 Å². The minimum atomic E-state index is -1.20. The second kappa shape index (κ2) is 4.07. The summed E-state index contributed by atoms with van der Waals surface area (Å²) in [6.07, 6.45) is 1.54. The van der Waals surface area contributed by atoms with Crippen LogP contribution in [0.3, 0.4) is 0 Å². The van der Waals surface area contributed by atoms with Gasteiger partial charge in [-0.1, -0.05) is 0 Å². The summed E-state index contributed by atoms with van der Waals surface area (Å²) >= 11 is 1.28. The minimum absolute atomic E-state index is 0.0692. The van der Waals surface area contributed by atoms with Gasteiger partial charge in [-0.15, -0.1) is 11.3 Å². The first-order valence-corrected chi connectivity index (χ1v) is 7.64. The van der Waals surface area contributed by atoms with E-state index in [1.807, 2.05) is 0 Å². The quantitative estimate of drug-likeness (QED) is 0.680. The highest BCUT2D eigenvalue weighted by Gasteiger charge is 2.15. The van der Waals surface area contributed by atoms with Gasteiger partial charge in [-0.2, -0.15) is 0 Å². The zero-order chi connectivity index (χ0) is 13.7. The Balaban J connectivity index is 2.58. The van der Waals surface area contributed by atoms with E-state index in [1.54, 1.807) is 11.6 Å². The van der Waals surface area contributed by atoms with Crippen LogP contribution in [0.5, 0.6) is 0 Å². The van der Waals surface area contributed by atoms with Crippen molar-refractivity contribution in [2.45, 2.75) is 4.90 Å². The van der Waals surface area contributed by atoms with E-state index in [0.29, 0.717) is 15.2 Å². The van der Waals surface area contributed by atoms with Crippen LogP contribution in [0.15, 0.2) is 19.9 Å². The SMILES string of the molecule is Cn1c(=O)[nH]c(=O)c2nc3c(S(C)=O)csc3nc21. The Morgan fingerprint density at radius 1 is 1.32 bits per heavy atom. The Labute approximate surface area is 112 Å². The number of aromatic nitrogens is 4. The van der Waals surface area contributed by atoms with Gasteiger partial charge < -0.3 is 0 Å². The van der Waals surface area contributed by atoms with Gasteiger partial charge >= 0.3 is 5.69 Å². The van der Waals surface area contributed by atoms with Crippen molar-refractivity contribution in [2.75, 3.05) is 6.26 Å². The number of aromatic amines is 1. The fourth-order valence-corrected chi connectivity index (χ4v) is 3.65. The molecule has 3 heterocycles. The van der Waals surface area contributed by atoms with Gasteiger partial charge in [0.15, 0.2) is 11.2 Å². The van der Waals surface area contributed by atoms with Gasteiger partial charge in [0.2, 0.25) is 0 Å². The maximum atomic E-state index is 11.8. The molecule has 0 saturated carbocycles. The number of nitrogens with zero attached hydrogens (tertiary/aromatic N) is 3. The molecule has 0 aromatic carbocycles. The molecule has 0 aliphatic heterocycles. The first-order chi connectivity index (χ1) is 8.99. The van der Waals surface area contributed by atoms with E-state index in [1.165, 1.54) is 23.0 Å². The van der Waals surface area contributed by atoms with Crippen molar-refractivity contribution >= 4 is 43.6 Å². The van der Waals surface area contributed by atoms with Crippen LogP contribution in [0.1, 0.15) is 0 Å². The van der Waals surface area contributed by atoms with Crippen LogP contribution in [-0.4, -0.2) is 30.0 Å². The Morgan fingerprint density at radius 2 is 2.05 bits per heavy atom. The van der Waals surface area contributed by atoms with E-state index < -0.39 is 22.0 Å². The van der Waals surface area contributed by atoms with Gasteiger partial charge in [0.25, 0.3) is 5.56 Å². The molecule has 3 aromatic rings. The van der Waals surface area contributed by atoms with Crippen molar-refractivity contribution in [3.05, 3.63) is 26.2 Å². The molecule has 0 amide bonds. The normalized spacial score (nSPS) is 13.2. The third kappa shape index (κ3) is 1.73. The summed E-state index contributed by atoms with van der Waals surface area (Å²) < 4.78 is 12.8. The molecule has 0 spiro atoms. The molecule has 1 N–H and O–H groups in total. The summed E-state index contributed by atoms with van der Waals surface area (Å²) in [5.74, 6) is 0. The van der Waals surface area contributed by atoms with Crippen molar-refractivity contribution in [2.24, 2.45) is 7.05 Å². The lowest BCUT2D eigenvalue weighted by Crippen LogP contribution is -2.29. The molecular weight excluding hydrogens is 288 g/mol. The molecule has 7 nitrogen and oxygen atoms in total. The van der Waals surface area contributed by atoms with Crippen molar-refractivity contribution in [1.29, 1.82) is 0 Å². The summed E-state index contributed by atoms with van der Waals surface area (Å²) in [7, 11) is 0.303. The average molecular weight is 296 g/mol. The highest BCUT2D eigenvalue weighted by molar-refractivity contribution is 7.84. The largest absolute Gasteiger partial charge is 0.329 e. The molecule has 0 radical (unpaired) electrons. The zero-order valence-corrected chi connectivity index (χ0v) is 11.6. The molecule has 0 bridgehead atoms. The first-order valence-electron chi connectivity index (χ1n) is 5.20. The lowest BCUT2D eigenvalue weighted by molar-refractivity contribution is 0.687. The molecule has 98 valence electrons. The molecule has 0 aliphatic rings. The maximum absolute atomic E-state index is 11.8. The molecule has 3 aromatic heterocycles. The average Bonchev–Trinajstić information content (AvgIpc) is 2.77. The smallest absolute Gasteiger partial charge is 0.279 e. The van der Waals surface area contributed by atoms with Gasteiger partial charge in [0, 0.05) is 18.7 Å². The third-order valence-electron chi connectivity index (χ3n) is 2.72. The number of aryl methyl sites for hydroxylation is 1. The minimum Gasteiger partial charge on any atom is -0.279 e. The Hall–Kier alpha value is -1.87. The van der Waals surface area contributed by atoms with Crippen molar-refractivity contribution < 1.29 is 4.21 Å². The number of thiophene rings is 1. The predicted octanol–water partition coefficient (Wildman–Crippen LogP) is -0.0311. The zero-order valence-electron chi connectivity index (χ0n) is 9.96. The summed E-state index contributed by atoms with van der Waals surface area (Å²) in [6, 6.07) is 0. The summed E-state index contributed by atoms with van der Waals surface area (Å²) in [5.41, 5.74) is -0.396. The first kappa shape index (κ1) is 12.2. The van der Waals surface area contributed by atoms with E-state index in [4.69, 9.17) is 0 Å². The van der Waals surface area contributed by atoms with Gasteiger partial charge in [-0.05, 0) is 0 Å².